The highest BCUT2D eigenvalue weighted by molar-refractivity contribution is 9.10. The molecule has 20 heavy (non-hydrogen) atoms. The summed E-state index contributed by atoms with van der Waals surface area (Å²) in [7, 11) is 0. The molecule has 0 unspecified atom stereocenters. The molecule has 1 saturated carbocycles. The van der Waals surface area contributed by atoms with Crippen LogP contribution in [0.4, 0.5) is 0 Å². The summed E-state index contributed by atoms with van der Waals surface area (Å²) >= 11 is 3.53. The fourth-order valence-electron chi connectivity index (χ4n) is 2.64. The molecule has 0 radical (unpaired) electrons. The molecule has 0 atom stereocenters. The number of benzene rings is 1. The van der Waals surface area contributed by atoms with Gasteiger partial charge in [-0.1, -0.05) is 33.2 Å². The second kappa shape index (κ2) is 6.06. The Morgan fingerprint density at radius 1 is 1.40 bits per heavy atom. The van der Waals surface area contributed by atoms with Crippen molar-refractivity contribution in [3.8, 4) is 0 Å². The van der Waals surface area contributed by atoms with Crippen LogP contribution in [0.1, 0.15) is 36.0 Å². The summed E-state index contributed by atoms with van der Waals surface area (Å²) in [5.74, 6) is 2.12. The average molecular weight is 336 g/mol. The molecule has 0 aliphatic heterocycles. The Labute approximate surface area is 127 Å². The smallest absolute Gasteiger partial charge is 0.227 e. The van der Waals surface area contributed by atoms with E-state index >= 15 is 0 Å². The van der Waals surface area contributed by atoms with Crippen molar-refractivity contribution in [2.24, 2.45) is 0 Å². The fourth-order valence-corrected chi connectivity index (χ4v) is 3.06. The van der Waals surface area contributed by atoms with E-state index in [9.17, 15) is 0 Å². The maximum atomic E-state index is 5.10. The molecule has 0 spiro atoms. The Kier molecular flexibility index (Phi) is 4.17. The lowest BCUT2D eigenvalue weighted by molar-refractivity contribution is 0.287. The number of rotatable bonds is 5. The lowest BCUT2D eigenvalue weighted by Crippen LogP contribution is -2.40. The van der Waals surface area contributed by atoms with E-state index in [0.717, 1.165) is 23.3 Å². The lowest BCUT2D eigenvalue weighted by Gasteiger charge is -2.36. The number of aromatic nitrogens is 2. The molecule has 1 aromatic heterocycles. The highest BCUT2D eigenvalue weighted by atomic mass is 79.9. The highest BCUT2D eigenvalue weighted by Crippen LogP contribution is 2.37. The maximum absolute atomic E-state index is 5.10. The van der Waals surface area contributed by atoms with E-state index in [1.807, 2.05) is 6.92 Å². The first kappa shape index (κ1) is 13.8. The molecule has 1 aliphatic carbocycles. The van der Waals surface area contributed by atoms with E-state index in [0.29, 0.717) is 17.8 Å². The highest BCUT2D eigenvalue weighted by Gasteiger charge is 2.29. The molecule has 1 N–H and O–H groups in total. The van der Waals surface area contributed by atoms with Gasteiger partial charge in [0.2, 0.25) is 5.89 Å². The summed E-state index contributed by atoms with van der Waals surface area (Å²) in [6.45, 7) is 2.74. The molecule has 1 heterocycles. The van der Waals surface area contributed by atoms with Crippen molar-refractivity contribution in [2.45, 2.75) is 38.1 Å². The number of nitrogens with zero attached hydrogens (tertiary/aromatic N) is 2. The van der Waals surface area contributed by atoms with Gasteiger partial charge in [0.05, 0.1) is 0 Å². The number of hydrogen-bond acceptors (Lipinski definition) is 4. The van der Waals surface area contributed by atoms with E-state index in [2.05, 4.69) is 55.7 Å². The number of hydrogen-bond donors (Lipinski definition) is 1. The Hall–Kier alpha value is -1.20. The molecule has 2 aromatic rings. The Morgan fingerprint density at radius 3 is 2.95 bits per heavy atom. The van der Waals surface area contributed by atoms with Gasteiger partial charge in [-0.2, -0.15) is 4.98 Å². The van der Waals surface area contributed by atoms with Crippen LogP contribution >= 0.6 is 15.9 Å². The summed E-state index contributed by atoms with van der Waals surface area (Å²) in [4.78, 5) is 4.20. The zero-order chi connectivity index (χ0) is 13.9. The van der Waals surface area contributed by atoms with Gasteiger partial charge in [-0.25, -0.2) is 0 Å². The zero-order valence-corrected chi connectivity index (χ0v) is 13.1. The topological polar surface area (TPSA) is 51.0 Å². The van der Waals surface area contributed by atoms with Gasteiger partial charge in [0, 0.05) is 23.5 Å². The minimum atomic E-state index is 0.614. The van der Waals surface area contributed by atoms with Crippen LogP contribution in [0.5, 0.6) is 0 Å². The van der Waals surface area contributed by atoms with Gasteiger partial charge in [-0.15, -0.1) is 0 Å². The van der Waals surface area contributed by atoms with E-state index in [1.54, 1.807) is 0 Å². The van der Waals surface area contributed by atoms with Crippen molar-refractivity contribution in [3.05, 3.63) is 46.0 Å². The quantitative estimate of drug-likeness (QED) is 0.911. The summed E-state index contributed by atoms with van der Waals surface area (Å²) in [6, 6.07) is 9.24. The molecule has 1 aliphatic rings. The SMILES string of the molecule is Cc1noc(CCNC2CC(c3cccc(Br)c3)C2)n1. The van der Waals surface area contributed by atoms with Crippen molar-refractivity contribution in [2.75, 3.05) is 6.54 Å². The third-order valence-corrected chi connectivity index (χ3v) is 4.29. The molecule has 1 fully saturated rings. The van der Waals surface area contributed by atoms with Crippen molar-refractivity contribution in [1.29, 1.82) is 0 Å². The minimum absolute atomic E-state index is 0.614. The summed E-state index contributed by atoms with van der Waals surface area (Å²) in [6.07, 6.45) is 3.22. The van der Waals surface area contributed by atoms with Crippen LogP contribution in [0.25, 0.3) is 0 Å². The standard InChI is InChI=1S/C15H18BrN3O/c1-10-18-15(20-19-10)5-6-17-14-8-12(9-14)11-3-2-4-13(16)7-11/h2-4,7,12,14,17H,5-6,8-9H2,1H3. The molecule has 0 bridgehead atoms. The Bertz CT molecular complexity index is 578. The summed E-state index contributed by atoms with van der Waals surface area (Å²) in [5.41, 5.74) is 1.44. The van der Waals surface area contributed by atoms with Crippen molar-refractivity contribution < 1.29 is 4.52 Å². The molecule has 0 amide bonds. The summed E-state index contributed by atoms with van der Waals surface area (Å²) < 4.78 is 6.26. The predicted octanol–water partition coefficient (Wildman–Crippen LogP) is 3.22. The van der Waals surface area contributed by atoms with Gasteiger partial charge in [-0.05, 0) is 43.4 Å². The van der Waals surface area contributed by atoms with Crippen molar-refractivity contribution in [1.82, 2.24) is 15.5 Å². The summed E-state index contributed by atoms with van der Waals surface area (Å²) in [5, 5.41) is 7.34. The van der Waals surface area contributed by atoms with Crippen LogP contribution in [0.3, 0.4) is 0 Å². The van der Waals surface area contributed by atoms with Crippen molar-refractivity contribution in [3.63, 3.8) is 0 Å². The van der Waals surface area contributed by atoms with Crippen LogP contribution < -0.4 is 5.32 Å². The largest absolute Gasteiger partial charge is 0.339 e. The van der Waals surface area contributed by atoms with Crippen LogP contribution in [-0.4, -0.2) is 22.7 Å². The number of aryl methyl sites for hydroxylation is 1. The molecule has 4 nitrogen and oxygen atoms in total. The fraction of sp³-hybridized carbons (Fsp3) is 0.467. The third-order valence-electron chi connectivity index (χ3n) is 3.80. The van der Waals surface area contributed by atoms with Gasteiger partial charge in [0.1, 0.15) is 0 Å². The maximum Gasteiger partial charge on any atom is 0.227 e. The normalized spacial score (nSPS) is 21.7. The van der Waals surface area contributed by atoms with Gasteiger partial charge in [0.15, 0.2) is 5.82 Å². The van der Waals surface area contributed by atoms with E-state index < -0.39 is 0 Å². The number of halogens is 1. The molecule has 3 rings (SSSR count). The minimum Gasteiger partial charge on any atom is -0.339 e. The van der Waals surface area contributed by atoms with Gasteiger partial charge in [-0.3, -0.25) is 0 Å². The van der Waals surface area contributed by atoms with E-state index in [1.165, 1.54) is 18.4 Å². The van der Waals surface area contributed by atoms with Crippen molar-refractivity contribution >= 4 is 15.9 Å². The van der Waals surface area contributed by atoms with Crippen LogP contribution in [0.15, 0.2) is 33.3 Å². The third kappa shape index (κ3) is 3.27. The monoisotopic (exact) mass is 335 g/mol. The molecule has 0 saturated heterocycles. The average Bonchev–Trinajstić information content (AvgIpc) is 2.78. The first-order chi connectivity index (χ1) is 9.70. The van der Waals surface area contributed by atoms with Gasteiger partial charge < -0.3 is 9.84 Å². The Balaban J connectivity index is 1.40. The molecular formula is C15H18BrN3O. The Morgan fingerprint density at radius 2 is 2.25 bits per heavy atom. The van der Waals surface area contributed by atoms with Gasteiger partial charge >= 0.3 is 0 Å². The van der Waals surface area contributed by atoms with Crippen LogP contribution in [-0.2, 0) is 6.42 Å². The van der Waals surface area contributed by atoms with Crippen LogP contribution in [0.2, 0.25) is 0 Å². The second-order valence-corrected chi connectivity index (χ2v) is 6.28. The van der Waals surface area contributed by atoms with E-state index in [-0.39, 0.29) is 0 Å². The lowest BCUT2D eigenvalue weighted by atomic mass is 9.76. The number of nitrogens with one attached hydrogen (secondary N) is 1. The van der Waals surface area contributed by atoms with Crippen LogP contribution in [0, 0.1) is 6.92 Å². The molecule has 106 valence electrons. The molecule has 1 aromatic carbocycles. The van der Waals surface area contributed by atoms with Gasteiger partial charge in [0.25, 0.3) is 0 Å². The first-order valence-corrected chi connectivity index (χ1v) is 7.78. The first-order valence-electron chi connectivity index (χ1n) is 6.99. The second-order valence-electron chi connectivity index (χ2n) is 5.36. The zero-order valence-electron chi connectivity index (χ0n) is 11.5. The molecule has 5 heteroatoms. The molecular weight excluding hydrogens is 318 g/mol. The van der Waals surface area contributed by atoms with E-state index in [4.69, 9.17) is 4.52 Å². The predicted molar refractivity (Wildman–Crippen MR) is 80.6 cm³/mol.